The lowest BCUT2D eigenvalue weighted by molar-refractivity contribution is -0.121. The molecule has 1 aromatic heterocycles. The fourth-order valence-electron chi connectivity index (χ4n) is 1.89. The Morgan fingerprint density at radius 2 is 2.05 bits per heavy atom. The van der Waals surface area contributed by atoms with Gasteiger partial charge in [0.2, 0.25) is 5.91 Å². The van der Waals surface area contributed by atoms with Gasteiger partial charge in [-0.3, -0.25) is 9.48 Å². The maximum Gasteiger partial charge on any atom is 0.241 e. The molecule has 0 fully saturated rings. The van der Waals surface area contributed by atoms with Crippen LogP contribution in [0.15, 0.2) is 30.5 Å². The molecule has 20 heavy (non-hydrogen) atoms. The number of benzene rings is 1. The second kappa shape index (κ2) is 8.55. The van der Waals surface area contributed by atoms with Crippen molar-refractivity contribution in [3.8, 4) is 0 Å². The van der Waals surface area contributed by atoms with Gasteiger partial charge in [0.15, 0.2) is 0 Å². The van der Waals surface area contributed by atoms with E-state index in [-0.39, 0.29) is 24.9 Å². The predicted molar refractivity (Wildman–Crippen MR) is 83.2 cm³/mol. The molecule has 0 saturated heterocycles. The van der Waals surface area contributed by atoms with Gasteiger partial charge in [0.1, 0.15) is 6.54 Å². The zero-order valence-electron chi connectivity index (χ0n) is 11.6. The molecule has 2 N–H and O–H groups in total. The van der Waals surface area contributed by atoms with Gasteiger partial charge in [-0.2, -0.15) is 5.10 Å². The van der Waals surface area contributed by atoms with Gasteiger partial charge in [0, 0.05) is 24.7 Å². The van der Waals surface area contributed by atoms with E-state index in [4.69, 9.17) is 0 Å². The molecule has 6 heteroatoms. The molecule has 2 aromatic rings. The minimum atomic E-state index is -0.00824. The number of nitrogens with one attached hydrogen (secondary N) is 2. The second-order valence-corrected chi connectivity index (χ2v) is 4.49. The molecule has 1 heterocycles. The Morgan fingerprint density at radius 1 is 1.25 bits per heavy atom. The summed E-state index contributed by atoms with van der Waals surface area (Å²) in [5, 5.41) is 11.5. The summed E-state index contributed by atoms with van der Waals surface area (Å²) >= 11 is 0. The molecule has 0 aliphatic carbocycles. The van der Waals surface area contributed by atoms with E-state index >= 15 is 0 Å². The maximum atomic E-state index is 11.7. The fourth-order valence-corrected chi connectivity index (χ4v) is 1.89. The lowest BCUT2D eigenvalue weighted by Crippen LogP contribution is -2.34. The molecule has 0 aliphatic heterocycles. The van der Waals surface area contributed by atoms with Crippen molar-refractivity contribution >= 4 is 29.2 Å². The van der Waals surface area contributed by atoms with Crippen LogP contribution < -0.4 is 10.6 Å². The number of halogens is 1. The van der Waals surface area contributed by atoms with Crippen LogP contribution >= 0.6 is 12.4 Å². The summed E-state index contributed by atoms with van der Waals surface area (Å²) in [6.45, 7) is 4.83. The van der Waals surface area contributed by atoms with Gasteiger partial charge in [-0.25, -0.2) is 0 Å². The van der Waals surface area contributed by atoms with Crippen molar-refractivity contribution in [2.45, 2.75) is 19.9 Å². The summed E-state index contributed by atoms with van der Waals surface area (Å²) in [4.78, 5) is 11.7. The Labute approximate surface area is 125 Å². The summed E-state index contributed by atoms with van der Waals surface area (Å²) in [5.74, 6) is -0.00824. The van der Waals surface area contributed by atoms with Gasteiger partial charge >= 0.3 is 0 Å². The molecule has 0 bridgehead atoms. The first-order valence-corrected chi connectivity index (χ1v) is 6.69. The molecular weight excluding hydrogens is 276 g/mol. The highest BCUT2D eigenvalue weighted by molar-refractivity contribution is 5.85. The Morgan fingerprint density at radius 3 is 2.80 bits per heavy atom. The quantitative estimate of drug-likeness (QED) is 0.763. The smallest absolute Gasteiger partial charge is 0.241 e. The SMILES string of the molecule is CCCNCCNC(=O)Cn1cc2ccccc2n1.Cl. The van der Waals surface area contributed by atoms with Crippen molar-refractivity contribution in [2.75, 3.05) is 19.6 Å². The lowest BCUT2D eigenvalue weighted by Gasteiger charge is -2.06. The number of amides is 1. The number of hydrogen-bond donors (Lipinski definition) is 2. The molecule has 0 spiro atoms. The van der Waals surface area contributed by atoms with Crippen LogP contribution in [0, 0.1) is 0 Å². The first kappa shape index (κ1) is 16.5. The topological polar surface area (TPSA) is 58.9 Å². The van der Waals surface area contributed by atoms with Crippen LogP contribution in [0.1, 0.15) is 13.3 Å². The average Bonchev–Trinajstić information content (AvgIpc) is 2.80. The minimum Gasteiger partial charge on any atom is -0.353 e. The van der Waals surface area contributed by atoms with Crippen LogP contribution in [0.4, 0.5) is 0 Å². The number of nitrogens with zero attached hydrogens (tertiary/aromatic N) is 2. The average molecular weight is 297 g/mol. The first-order chi connectivity index (χ1) is 9.29. The Hall–Kier alpha value is -1.59. The van der Waals surface area contributed by atoms with Crippen LogP contribution in [0.5, 0.6) is 0 Å². The standard InChI is InChI=1S/C14H20N4O.ClH/c1-2-7-15-8-9-16-14(19)11-18-10-12-5-3-4-6-13(12)17-18;/h3-6,10,15H,2,7-9,11H2,1H3,(H,16,19);1H. The molecule has 0 saturated carbocycles. The fraction of sp³-hybridized carbons (Fsp3) is 0.429. The molecule has 0 aliphatic rings. The van der Waals surface area contributed by atoms with Crippen molar-refractivity contribution in [2.24, 2.45) is 0 Å². The third-order valence-corrected chi connectivity index (χ3v) is 2.82. The molecule has 5 nitrogen and oxygen atoms in total. The van der Waals surface area contributed by atoms with Crippen LogP contribution in [0.25, 0.3) is 10.9 Å². The van der Waals surface area contributed by atoms with Crippen molar-refractivity contribution in [1.29, 1.82) is 0 Å². The van der Waals surface area contributed by atoms with Crippen LogP contribution in [-0.2, 0) is 11.3 Å². The van der Waals surface area contributed by atoms with E-state index in [1.165, 1.54) is 0 Å². The predicted octanol–water partition coefficient (Wildman–Crippen LogP) is 1.57. The highest BCUT2D eigenvalue weighted by atomic mass is 35.5. The number of aromatic nitrogens is 2. The molecule has 0 atom stereocenters. The first-order valence-electron chi connectivity index (χ1n) is 6.69. The van der Waals surface area contributed by atoms with E-state index < -0.39 is 0 Å². The van der Waals surface area contributed by atoms with Gasteiger partial charge in [-0.05, 0) is 19.0 Å². The van der Waals surface area contributed by atoms with Crippen molar-refractivity contribution in [1.82, 2.24) is 20.4 Å². The summed E-state index contributed by atoms with van der Waals surface area (Å²) in [5.41, 5.74) is 0.917. The van der Waals surface area contributed by atoms with Crippen LogP contribution in [0.2, 0.25) is 0 Å². The number of carbonyl (C=O) groups excluding carboxylic acids is 1. The van der Waals surface area contributed by atoms with E-state index in [1.807, 2.05) is 30.5 Å². The molecule has 2 rings (SSSR count). The maximum absolute atomic E-state index is 11.7. The Bertz CT molecular complexity index is 508. The van der Waals surface area contributed by atoms with Crippen LogP contribution in [-0.4, -0.2) is 35.3 Å². The molecule has 0 unspecified atom stereocenters. The van der Waals surface area contributed by atoms with Gasteiger partial charge in [0.25, 0.3) is 0 Å². The van der Waals surface area contributed by atoms with Crippen molar-refractivity contribution in [3.05, 3.63) is 30.5 Å². The summed E-state index contributed by atoms with van der Waals surface area (Å²) in [7, 11) is 0. The minimum absolute atomic E-state index is 0. The van der Waals surface area contributed by atoms with E-state index in [0.717, 1.165) is 30.4 Å². The Balaban J connectivity index is 0.00000200. The van der Waals surface area contributed by atoms with Gasteiger partial charge in [-0.15, -0.1) is 12.4 Å². The van der Waals surface area contributed by atoms with Crippen LogP contribution in [0.3, 0.4) is 0 Å². The van der Waals surface area contributed by atoms with Crippen molar-refractivity contribution < 1.29 is 4.79 Å². The number of hydrogen-bond acceptors (Lipinski definition) is 3. The highest BCUT2D eigenvalue weighted by Crippen LogP contribution is 2.10. The normalized spacial score (nSPS) is 10.2. The number of carbonyl (C=O) groups is 1. The van der Waals surface area contributed by atoms with E-state index in [1.54, 1.807) is 4.68 Å². The van der Waals surface area contributed by atoms with Gasteiger partial charge in [-0.1, -0.05) is 25.1 Å². The second-order valence-electron chi connectivity index (χ2n) is 4.49. The zero-order valence-corrected chi connectivity index (χ0v) is 12.4. The third kappa shape index (κ3) is 4.83. The largest absolute Gasteiger partial charge is 0.353 e. The zero-order chi connectivity index (χ0) is 13.5. The number of rotatable bonds is 7. The molecule has 1 aromatic carbocycles. The third-order valence-electron chi connectivity index (χ3n) is 2.82. The van der Waals surface area contributed by atoms with Crippen molar-refractivity contribution in [3.63, 3.8) is 0 Å². The van der Waals surface area contributed by atoms with Gasteiger partial charge < -0.3 is 10.6 Å². The van der Waals surface area contributed by atoms with E-state index in [2.05, 4.69) is 22.7 Å². The van der Waals surface area contributed by atoms with Gasteiger partial charge in [0.05, 0.1) is 5.52 Å². The molecular formula is C14H21ClN4O. The number of fused-ring (bicyclic) bond motifs is 1. The Kier molecular flexibility index (Phi) is 7.04. The van der Waals surface area contributed by atoms with E-state index in [9.17, 15) is 4.79 Å². The molecule has 1 amide bonds. The summed E-state index contributed by atoms with van der Waals surface area (Å²) in [6.07, 6.45) is 3.00. The highest BCUT2D eigenvalue weighted by Gasteiger charge is 2.04. The summed E-state index contributed by atoms with van der Waals surface area (Å²) in [6, 6.07) is 7.84. The molecule has 110 valence electrons. The summed E-state index contributed by atoms with van der Waals surface area (Å²) < 4.78 is 1.68. The van der Waals surface area contributed by atoms with E-state index in [0.29, 0.717) is 6.54 Å². The monoisotopic (exact) mass is 296 g/mol. The molecule has 0 radical (unpaired) electrons. The lowest BCUT2D eigenvalue weighted by atomic mass is 10.3.